The molecule has 1 heterocycles. The number of oxazole rings is 1. The molecule has 4 nitrogen and oxygen atoms in total. The number of nitrogens with two attached hydrogens (primary N) is 1. The molecule has 0 aliphatic carbocycles. The zero-order valence-electron chi connectivity index (χ0n) is 7.81. The molecule has 15 heavy (non-hydrogen) atoms. The van der Waals surface area contributed by atoms with E-state index >= 15 is 0 Å². The summed E-state index contributed by atoms with van der Waals surface area (Å²) in [6, 6.07) is 5.06. The second-order valence-electron chi connectivity index (χ2n) is 3.07. The summed E-state index contributed by atoms with van der Waals surface area (Å²) >= 11 is 5.40. The Morgan fingerprint density at radius 3 is 3.07 bits per heavy atom. The normalized spacial score (nSPS) is 11.5. The molecule has 0 saturated heterocycles. The first-order chi connectivity index (χ1) is 7.22. The van der Waals surface area contributed by atoms with Gasteiger partial charge in [-0.15, -0.1) is 0 Å². The summed E-state index contributed by atoms with van der Waals surface area (Å²) < 4.78 is 6.49. The molecule has 0 radical (unpaired) electrons. The van der Waals surface area contributed by atoms with Crippen molar-refractivity contribution in [3.8, 4) is 0 Å². The third-order valence-electron chi connectivity index (χ3n) is 2.07. The minimum atomic E-state index is -0.412. The highest BCUT2D eigenvalue weighted by Crippen LogP contribution is 2.16. The number of hydrogen-bond acceptors (Lipinski definition) is 3. The standard InChI is InChI=1S/C10H9ClN2O2/c11-4-1-5-13-8-6-7(12)2-3-9(8)15-10(13)14/h1-4,6H,5,12H2/b4-1+. The van der Waals surface area contributed by atoms with Crippen LogP contribution in [0.1, 0.15) is 0 Å². The lowest BCUT2D eigenvalue weighted by atomic mass is 10.3. The molecule has 1 aromatic carbocycles. The summed E-state index contributed by atoms with van der Waals surface area (Å²) in [7, 11) is 0. The van der Waals surface area contributed by atoms with Gasteiger partial charge in [0.15, 0.2) is 5.58 Å². The van der Waals surface area contributed by atoms with Crippen LogP contribution in [0.3, 0.4) is 0 Å². The van der Waals surface area contributed by atoms with Crippen LogP contribution in [0.2, 0.25) is 0 Å². The monoisotopic (exact) mass is 224 g/mol. The number of rotatable bonds is 2. The van der Waals surface area contributed by atoms with E-state index in [1.165, 1.54) is 10.1 Å². The molecule has 0 bridgehead atoms. The van der Waals surface area contributed by atoms with Gasteiger partial charge in [0.05, 0.1) is 5.52 Å². The lowest BCUT2D eigenvalue weighted by molar-refractivity contribution is 0.520. The van der Waals surface area contributed by atoms with Crippen molar-refractivity contribution in [1.29, 1.82) is 0 Å². The molecule has 2 N–H and O–H groups in total. The molecule has 0 saturated carbocycles. The minimum Gasteiger partial charge on any atom is -0.408 e. The number of halogens is 1. The maximum atomic E-state index is 11.4. The first-order valence-corrected chi connectivity index (χ1v) is 4.80. The van der Waals surface area contributed by atoms with Gasteiger partial charge in [-0.25, -0.2) is 4.79 Å². The fraction of sp³-hybridized carbons (Fsp3) is 0.100. The van der Waals surface area contributed by atoms with Gasteiger partial charge in [0, 0.05) is 17.8 Å². The number of fused-ring (bicyclic) bond motifs is 1. The van der Waals surface area contributed by atoms with Gasteiger partial charge >= 0.3 is 5.76 Å². The van der Waals surface area contributed by atoms with Crippen molar-refractivity contribution in [3.05, 3.63) is 40.4 Å². The molecule has 0 atom stereocenters. The number of anilines is 1. The van der Waals surface area contributed by atoms with E-state index in [0.717, 1.165) is 0 Å². The van der Waals surface area contributed by atoms with Crippen LogP contribution < -0.4 is 11.5 Å². The van der Waals surface area contributed by atoms with Crippen molar-refractivity contribution >= 4 is 28.4 Å². The molecular formula is C10H9ClN2O2. The van der Waals surface area contributed by atoms with Crippen LogP contribution in [-0.4, -0.2) is 4.57 Å². The van der Waals surface area contributed by atoms with E-state index in [1.807, 2.05) is 0 Å². The van der Waals surface area contributed by atoms with Crippen LogP contribution in [0.5, 0.6) is 0 Å². The summed E-state index contributed by atoms with van der Waals surface area (Å²) in [6.07, 6.45) is 1.65. The smallest absolute Gasteiger partial charge is 0.408 e. The van der Waals surface area contributed by atoms with E-state index in [1.54, 1.807) is 24.3 Å². The molecular weight excluding hydrogens is 216 g/mol. The first-order valence-electron chi connectivity index (χ1n) is 4.36. The summed E-state index contributed by atoms with van der Waals surface area (Å²) in [4.78, 5) is 11.4. The van der Waals surface area contributed by atoms with Crippen molar-refractivity contribution in [1.82, 2.24) is 4.57 Å². The molecule has 78 valence electrons. The summed E-state index contributed by atoms with van der Waals surface area (Å²) in [5.74, 6) is -0.412. The fourth-order valence-electron chi connectivity index (χ4n) is 1.40. The Hall–Kier alpha value is -1.68. The van der Waals surface area contributed by atoms with Gasteiger partial charge in [0.2, 0.25) is 0 Å². The lowest BCUT2D eigenvalue weighted by Crippen LogP contribution is -2.12. The van der Waals surface area contributed by atoms with Gasteiger partial charge in [-0.1, -0.05) is 17.7 Å². The van der Waals surface area contributed by atoms with Crippen LogP contribution >= 0.6 is 11.6 Å². The van der Waals surface area contributed by atoms with Gasteiger partial charge in [0.25, 0.3) is 0 Å². The average Bonchev–Trinajstić information content (AvgIpc) is 2.51. The predicted molar refractivity (Wildman–Crippen MR) is 59.9 cm³/mol. The highest BCUT2D eigenvalue weighted by atomic mass is 35.5. The molecule has 0 aliphatic rings. The summed E-state index contributed by atoms with van der Waals surface area (Å²) in [5, 5.41) is 0. The van der Waals surface area contributed by atoms with Crippen LogP contribution in [0, 0.1) is 0 Å². The molecule has 0 unspecified atom stereocenters. The Balaban J connectivity index is 2.65. The maximum Gasteiger partial charge on any atom is 0.420 e. The number of benzene rings is 1. The van der Waals surface area contributed by atoms with Crippen molar-refractivity contribution in [2.75, 3.05) is 5.73 Å². The Bertz CT molecular complexity index is 568. The van der Waals surface area contributed by atoms with Gasteiger partial charge in [0.1, 0.15) is 0 Å². The van der Waals surface area contributed by atoms with Crippen molar-refractivity contribution in [2.24, 2.45) is 0 Å². The maximum absolute atomic E-state index is 11.4. The molecule has 0 fully saturated rings. The van der Waals surface area contributed by atoms with Crippen molar-refractivity contribution in [3.63, 3.8) is 0 Å². The molecule has 0 spiro atoms. The zero-order chi connectivity index (χ0) is 10.8. The van der Waals surface area contributed by atoms with Crippen LogP contribution in [0.25, 0.3) is 11.1 Å². The molecule has 0 amide bonds. The molecule has 2 rings (SSSR count). The molecule has 5 heteroatoms. The Morgan fingerprint density at radius 2 is 2.33 bits per heavy atom. The molecule has 0 aliphatic heterocycles. The van der Waals surface area contributed by atoms with E-state index in [9.17, 15) is 4.79 Å². The van der Waals surface area contributed by atoms with Crippen LogP contribution in [0.4, 0.5) is 5.69 Å². The summed E-state index contributed by atoms with van der Waals surface area (Å²) in [5.41, 5.74) is 8.78. The van der Waals surface area contributed by atoms with Gasteiger partial charge in [-0.3, -0.25) is 4.57 Å². The number of aromatic nitrogens is 1. The highest BCUT2D eigenvalue weighted by Gasteiger charge is 2.07. The fourth-order valence-corrected chi connectivity index (χ4v) is 1.48. The third kappa shape index (κ3) is 1.76. The van der Waals surface area contributed by atoms with E-state index in [4.69, 9.17) is 21.8 Å². The number of allylic oxidation sites excluding steroid dienone is 1. The number of nitrogen functional groups attached to an aromatic ring is 1. The lowest BCUT2D eigenvalue weighted by Gasteiger charge is -1.97. The number of nitrogens with zero attached hydrogens (tertiary/aromatic N) is 1. The average molecular weight is 225 g/mol. The van der Waals surface area contributed by atoms with Crippen LogP contribution in [0.15, 0.2) is 39.0 Å². The van der Waals surface area contributed by atoms with Gasteiger partial charge in [-0.05, 0) is 18.2 Å². The van der Waals surface area contributed by atoms with E-state index < -0.39 is 5.76 Å². The second kappa shape index (κ2) is 3.82. The Morgan fingerprint density at radius 1 is 1.53 bits per heavy atom. The van der Waals surface area contributed by atoms with Gasteiger partial charge < -0.3 is 10.2 Å². The summed E-state index contributed by atoms with van der Waals surface area (Å²) in [6.45, 7) is 0.374. The minimum absolute atomic E-state index is 0.374. The molecule has 2 aromatic rings. The predicted octanol–water partition coefficient (Wildman–Crippen LogP) is 1.93. The Kier molecular flexibility index (Phi) is 2.51. The van der Waals surface area contributed by atoms with E-state index in [0.29, 0.717) is 23.3 Å². The van der Waals surface area contributed by atoms with E-state index in [2.05, 4.69) is 0 Å². The topological polar surface area (TPSA) is 61.2 Å². The first kappa shape index (κ1) is 9.86. The van der Waals surface area contributed by atoms with Crippen LogP contribution in [-0.2, 0) is 6.54 Å². The highest BCUT2D eigenvalue weighted by molar-refractivity contribution is 6.25. The second-order valence-corrected chi connectivity index (χ2v) is 3.32. The number of hydrogen-bond donors (Lipinski definition) is 1. The SMILES string of the molecule is Nc1ccc2oc(=O)n(C/C=C/Cl)c2c1. The van der Waals surface area contributed by atoms with Crippen molar-refractivity contribution < 1.29 is 4.42 Å². The van der Waals surface area contributed by atoms with E-state index in [-0.39, 0.29) is 0 Å². The zero-order valence-corrected chi connectivity index (χ0v) is 8.57. The van der Waals surface area contributed by atoms with Gasteiger partial charge in [-0.2, -0.15) is 0 Å². The Labute approximate surface area is 90.5 Å². The third-order valence-corrected chi connectivity index (χ3v) is 2.25. The largest absolute Gasteiger partial charge is 0.420 e. The molecule has 1 aromatic heterocycles. The van der Waals surface area contributed by atoms with Crippen molar-refractivity contribution in [2.45, 2.75) is 6.54 Å². The quantitative estimate of drug-likeness (QED) is 0.793.